The zero-order valence-corrected chi connectivity index (χ0v) is 37.0. The third-order valence-electron chi connectivity index (χ3n) is 10.4. The molecule has 0 fully saturated rings. The quantitative estimate of drug-likeness (QED) is 0.0794. The van der Waals surface area contributed by atoms with E-state index in [9.17, 15) is 62.6 Å². The van der Waals surface area contributed by atoms with E-state index in [1.54, 1.807) is 31.2 Å². The highest BCUT2D eigenvalue weighted by molar-refractivity contribution is 6.01. The molecule has 6 aromatic carbocycles. The number of hydrogen-bond donors (Lipinski definition) is 3. The van der Waals surface area contributed by atoms with Crippen molar-refractivity contribution in [3.05, 3.63) is 167 Å². The van der Waals surface area contributed by atoms with Gasteiger partial charge in [0.2, 0.25) is 0 Å². The van der Waals surface area contributed by atoms with Crippen LogP contribution in [0.4, 0.5) is 52.7 Å². The number of carbonyl (C=O) groups is 1. The number of alkyl halides is 12. The van der Waals surface area contributed by atoms with Crippen LogP contribution >= 0.6 is 0 Å². The Balaban J connectivity index is 0.000000211. The number of aliphatic hydroxyl groups is 1. The summed E-state index contributed by atoms with van der Waals surface area (Å²) in [6.07, 6.45) is -30.9. The fraction of sp³-hybridized carbons (Fsp3) is 0.173. The minimum absolute atomic E-state index is 0.0642. The molecule has 8 nitrogen and oxygen atoms in total. The number of nitrogens with one attached hydrogen (secondary N) is 2. The molecule has 0 aliphatic rings. The zero-order valence-electron chi connectivity index (χ0n) is 37.0. The lowest BCUT2D eigenvalue weighted by atomic mass is 9.96. The topological polar surface area (TPSA) is 113 Å². The Kier molecular flexibility index (Phi) is 14.8. The van der Waals surface area contributed by atoms with Crippen molar-refractivity contribution in [3.63, 3.8) is 0 Å². The van der Waals surface area contributed by atoms with E-state index in [-0.39, 0.29) is 5.78 Å². The molecule has 20 heteroatoms. The molecule has 2 heterocycles. The number of fused-ring (bicyclic) bond motifs is 2. The average molecular weight is 1010 g/mol. The lowest BCUT2D eigenvalue weighted by molar-refractivity contribution is -0.300. The summed E-state index contributed by atoms with van der Waals surface area (Å²) >= 11 is 0. The molecule has 1 atom stereocenters. The van der Waals surface area contributed by atoms with Crippen molar-refractivity contribution in [2.45, 2.75) is 56.9 Å². The SMILES string of the molecule is CC(=O)c1ccccc1-c1ccc2nc(C#Cc3ccc(OC(C(F)(F)F)C(F)(F)F)cc3)[nH]c2c1.CC(O)c1ccccc1-c1ccc2nc(C#Cc3ccc(OC(C(F)(F)F)C(F)(F)F)cc3)[nH]c2c1. The summed E-state index contributed by atoms with van der Waals surface area (Å²) in [6.45, 7) is 3.18. The average Bonchev–Trinajstić information content (AvgIpc) is 3.93. The van der Waals surface area contributed by atoms with Gasteiger partial charge >= 0.3 is 24.7 Å². The highest BCUT2D eigenvalue weighted by Crippen LogP contribution is 2.38. The van der Waals surface area contributed by atoms with Gasteiger partial charge in [-0.2, -0.15) is 52.7 Å². The van der Waals surface area contributed by atoms with Gasteiger partial charge in [0.25, 0.3) is 12.2 Å². The van der Waals surface area contributed by atoms with Gasteiger partial charge in [-0.15, -0.1) is 0 Å². The molecule has 1 unspecified atom stereocenters. The third-order valence-corrected chi connectivity index (χ3v) is 10.4. The number of Topliss-reactive ketones (excluding diaryl/α,β-unsaturated/α-hetero) is 1. The molecule has 8 aromatic rings. The summed E-state index contributed by atoms with van der Waals surface area (Å²) in [5.74, 6) is 10.4. The van der Waals surface area contributed by atoms with E-state index < -0.39 is 54.5 Å². The summed E-state index contributed by atoms with van der Waals surface area (Å²) in [5.41, 5.74) is 7.99. The predicted octanol–water partition coefficient (Wildman–Crippen LogP) is 13.3. The van der Waals surface area contributed by atoms with E-state index in [4.69, 9.17) is 0 Å². The van der Waals surface area contributed by atoms with E-state index in [0.717, 1.165) is 52.1 Å². The molecule has 0 aliphatic carbocycles. The van der Waals surface area contributed by atoms with E-state index in [1.165, 1.54) is 31.2 Å². The number of nitrogens with zero attached hydrogens (tertiary/aromatic N) is 2. The minimum Gasteiger partial charge on any atom is -0.471 e. The molecule has 0 saturated carbocycles. The van der Waals surface area contributed by atoms with Crippen molar-refractivity contribution in [2.24, 2.45) is 0 Å². The van der Waals surface area contributed by atoms with Gasteiger partial charge in [0.1, 0.15) is 11.5 Å². The molecule has 0 radical (unpaired) electrons. The molecule has 0 spiro atoms. The fourth-order valence-corrected chi connectivity index (χ4v) is 7.05. The number of halogens is 12. The van der Waals surface area contributed by atoms with Crippen LogP contribution in [0, 0.1) is 23.7 Å². The van der Waals surface area contributed by atoms with Crippen LogP contribution in [0.15, 0.2) is 133 Å². The van der Waals surface area contributed by atoms with Crippen LogP contribution in [0.1, 0.15) is 58.6 Å². The fourth-order valence-electron chi connectivity index (χ4n) is 7.05. The predicted molar refractivity (Wildman–Crippen MR) is 242 cm³/mol. The first-order valence-electron chi connectivity index (χ1n) is 21.0. The van der Waals surface area contributed by atoms with Crippen molar-refractivity contribution >= 4 is 27.9 Å². The molecular weight excluding hydrogens is 973 g/mol. The summed E-state index contributed by atoms with van der Waals surface area (Å²) in [5, 5.41) is 10.0. The van der Waals surface area contributed by atoms with Crippen LogP contribution in [0.3, 0.4) is 0 Å². The van der Waals surface area contributed by atoms with Crippen LogP contribution in [-0.4, -0.2) is 67.7 Å². The maximum absolute atomic E-state index is 12.7. The molecule has 0 aliphatic heterocycles. The minimum atomic E-state index is -5.61. The number of aromatic amines is 2. The van der Waals surface area contributed by atoms with Crippen molar-refractivity contribution in [3.8, 4) is 57.4 Å². The number of ether oxygens (including phenoxy) is 2. The van der Waals surface area contributed by atoms with E-state index >= 15 is 0 Å². The number of benzene rings is 6. The molecule has 370 valence electrons. The Hall–Kier alpha value is -8.23. The van der Waals surface area contributed by atoms with Gasteiger partial charge in [-0.25, -0.2) is 9.97 Å². The summed E-state index contributed by atoms with van der Waals surface area (Å²) in [7, 11) is 0. The number of rotatable bonds is 8. The Morgan fingerprint density at radius 3 is 1.32 bits per heavy atom. The second-order valence-corrected chi connectivity index (χ2v) is 15.7. The van der Waals surface area contributed by atoms with Gasteiger partial charge in [0.05, 0.1) is 28.2 Å². The molecule has 0 saturated heterocycles. The molecule has 2 aromatic heterocycles. The maximum Gasteiger partial charge on any atom is 0.434 e. The first-order valence-corrected chi connectivity index (χ1v) is 21.0. The van der Waals surface area contributed by atoms with Crippen molar-refractivity contribution in [1.82, 2.24) is 19.9 Å². The standard InChI is InChI=1S/C26H18F6N2O2.C26H16F6N2O2/c2*1-15(35)19-4-2-3-5-20(19)17-9-12-21-22(14-17)34-23(33-21)13-8-16-6-10-18(11-7-16)36-24(25(27,28)29)26(30,31)32/h2-7,9-12,14-15,24,35H,1H3,(H,33,34);2-7,9-12,14,24H,1H3,(H,33,34). The van der Waals surface area contributed by atoms with Gasteiger partial charge in [-0.1, -0.05) is 72.5 Å². The van der Waals surface area contributed by atoms with Crippen LogP contribution in [0.25, 0.3) is 44.3 Å². The largest absolute Gasteiger partial charge is 0.471 e. The molecule has 72 heavy (non-hydrogen) atoms. The Bertz CT molecular complexity index is 3320. The van der Waals surface area contributed by atoms with Gasteiger partial charge in [0, 0.05) is 16.7 Å². The first kappa shape index (κ1) is 51.6. The number of imidazole rings is 2. The highest BCUT2D eigenvalue weighted by atomic mass is 19.4. The molecule has 0 bridgehead atoms. The lowest BCUT2D eigenvalue weighted by Crippen LogP contribution is -2.46. The number of carbonyl (C=O) groups excluding carboxylic acids is 1. The Morgan fingerprint density at radius 2 is 0.917 bits per heavy atom. The second-order valence-electron chi connectivity index (χ2n) is 15.7. The summed E-state index contributed by atoms with van der Waals surface area (Å²) in [6, 6.07) is 34.6. The van der Waals surface area contributed by atoms with Crippen molar-refractivity contribution < 1.29 is 72.1 Å². The molecular formula is C52H34F12N4O4. The maximum atomic E-state index is 12.7. The summed E-state index contributed by atoms with van der Waals surface area (Å²) in [4.78, 5) is 26.8. The van der Waals surface area contributed by atoms with Gasteiger partial charge in [-0.3, -0.25) is 4.79 Å². The second kappa shape index (κ2) is 20.6. The lowest BCUT2D eigenvalue weighted by Gasteiger charge is -2.23. The van der Waals surface area contributed by atoms with Crippen LogP contribution < -0.4 is 9.47 Å². The molecule has 8 rings (SSSR count). The molecule has 0 amide bonds. The van der Waals surface area contributed by atoms with E-state index in [0.29, 0.717) is 50.4 Å². The molecule has 3 N–H and O–H groups in total. The zero-order chi connectivity index (χ0) is 52.2. The van der Waals surface area contributed by atoms with E-state index in [2.05, 4.69) is 53.1 Å². The number of ketones is 1. The van der Waals surface area contributed by atoms with E-state index in [1.807, 2.05) is 60.7 Å². The normalized spacial score (nSPS) is 12.4. The number of H-pyrrole nitrogens is 2. The number of aliphatic hydroxyl groups excluding tert-OH is 1. The first-order chi connectivity index (χ1) is 33.8. The highest BCUT2D eigenvalue weighted by Gasteiger charge is 2.60. The van der Waals surface area contributed by atoms with Crippen molar-refractivity contribution in [2.75, 3.05) is 0 Å². The number of hydrogen-bond acceptors (Lipinski definition) is 6. The van der Waals surface area contributed by atoms with Gasteiger partial charge in [0.15, 0.2) is 17.4 Å². The van der Waals surface area contributed by atoms with Crippen LogP contribution in [0.2, 0.25) is 0 Å². The Morgan fingerprint density at radius 1 is 0.528 bits per heavy atom. The van der Waals surface area contributed by atoms with Gasteiger partial charge in [-0.05, 0) is 126 Å². The third kappa shape index (κ3) is 12.7. The Labute approximate surface area is 400 Å². The smallest absolute Gasteiger partial charge is 0.434 e. The van der Waals surface area contributed by atoms with Crippen LogP contribution in [-0.2, 0) is 0 Å². The number of aromatic nitrogens is 4. The monoisotopic (exact) mass is 1010 g/mol. The van der Waals surface area contributed by atoms with Crippen molar-refractivity contribution in [1.29, 1.82) is 0 Å². The van der Waals surface area contributed by atoms with Crippen LogP contribution in [0.5, 0.6) is 11.5 Å². The van der Waals surface area contributed by atoms with Gasteiger partial charge < -0.3 is 24.5 Å². The summed E-state index contributed by atoms with van der Waals surface area (Å²) < 4.78 is 160.